The summed E-state index contributed by atoms with van der Waals surface area (Å²) in [5.41, 5.74) is 5.60. The van der Waals surface area contributed by atoms with Crippen LogP contribution in [0.4, 0.5) is 0 Å². The summed E-state index contributed by atoms with van der Waals surface area (Å²) in [6, 6.07) is 9.20. The molecule has 0 saturated carbocycles. The largest absolute Gasteiger partial charge is 0.484 e. The second-order valence-electron chi connectivity index (χ2n) is 4.03. The number of hydrogen-bond donors (Lipinski definition) is 3. The smallest absolute Gasteiger partial charge is 0.414 e. The number of carbonyl (C=O) groups is 2. The van der Waals surface area contributed by atoms with Crippen LogP contribution in [0.3, 0.4) is 0 Å². The Morgan fingerprint density at radius 1 is 1.23 bits per heavy atom. The zero-order valence-electron chi connectivity index (χ0n) is 11.7. The average molecular weight is 309 g/mol. The SMILES string of the molecule is CC(N)c1nnc(COc2ccccc2)o1.O=C(O)C(=O)O. The van der Waals surface area contributed by atoms with E-state index in [-0.39, 0.29) is 12.6 Å². The average Bonchev–Trinajstić information content (AvgIpc) is 2.96. The molecular weight excluding hydrogens is 294 g/mol. The first kappa shape index (κ1) is 17.1. The van der Waals surface area contributed by atoms with Gasteiger partial charge in [0.25, 0.3) is 5.89 Å². The maximum Gasteiger partial charge on any atom is 0.414 e. The summed E-state index contributed by atoms with van der Waals surface area (Å²) in [6.45, 7) is 2.04. The molecule has 1 aromatic heterocycles. The topological polar surface area (TPSA) is 149 Å². The van der Waals surface area contributed by atoms with Gasteiger partial charge in [0.15, 0.2) is 6.61 Å². The van der Waals surface area contributed by atoms with Crippen molar-refractivity contribution in [1.29, 1.82) is 0 Å². The van der Waals surface area contributed by atoms with Gasteiger partial charge in [-0.25, -0.2) is 9.59 Å². The van der Waals surface area contributed by atoms with E-state index in [1.54, 1.807) is 6.92 Å². The Balaban J connectivity index is 0.000000346. The van der Waals surface area contributed by atoms with Crippen molar-refractivity contribution in [2.45, 2.75) is 19.6 Å². The molecule has 0 aliphatic carbocycles. The molecule has 2 aromatic rings. The van der Waals surface area contributed by atoms with Gasteiger partial charge >= 0.3 is 11.9 Å². The van der Waals surface area contributed by atoms with Crippen LogP contribution < -0.4 is 10.5 Å². The number of nitrogens with two attached hydrogens (primary N) is 1. The number of carboxylic acid groups (broad SMARTS) is 2. The molecule has 4 N–H and O–H groups in total. The fourth-order valence-corrected chi connectivity index (χ4v) is 1.17. The maximum absolute atomic E-state index is 9.10. The van der Waals surface area contributed by atoms with Crippen LogP contribution in [0.5, 0.6) is 5.75 Å². The standard InChI is InChI=1S/C11H13N3O2.C2H2O4/c1-8(12)11-14-13-10(16-11)7-15-9-5-3-2-4-6-9;3-1(4)2(5)6/h2-6,8H,7,12H2,1H3;(H,3,4)(H,5,6). The van der Waals surface area contributed by atoms with Crippen molar-refractivity contribution >= 4 is 11.9 Å². The lowest BCUT2D eigenvalue weighted by molar-refractivity contribution is -0.159. The Bertz CT molecular complexity index is 599. The van der Waals surface area contributed by atoms with E-state index in [9.17, 15) is 0 Å². The fraction of sp³-hybridized carbons (Fsp3) is 0.231. The van der Waals surface area contributed by atoms with Gasteiger partial charge in [-0.3, -0.25) is 0 Å². The number of nitrogens with zero attached hydrogens (tertiary/aromatic N) is 2. The van der Waals surface area contributed by atoms with E-state index in [2.05, 4.69) is 10.2 Å². The summed E-state index contributed by atoms with van der Waals surface area (Å²) in [5, 5.41) is 22.4. The van der Waals surface area contributed by atoms with Gasteiger partial charge in [0, 0.05) is 0 Å². The highest BCUT2D eigenvalue weighted by Gasteiger charge is 2.09. The summed E-state index contributed by atoms with van der Waals surface area (Å²) >= 11 is 0. The molecule has 1 atom stereocenters. The van der Waals surface area contributed by atoms with Crippen LogP contribution in [-0.2, 0) is 16.2 Å². The van der Waals surface area contributed by atoms with E-state index in [1.807, 2.05) is 30.3 Å². The summed E-state index contributed by atoms with van der Waals surface area (Å²) in [7, 11) is 0. The summed E-state index contributed by atoms with van der Waals surface area (Å²) in [4.78, 5) is 18.2. The molecule has 22 heavy (non-hydrogen) atoms. The molecule has 0 aliphatic heterocycles. The third-order valence-electron chi connectivity index (χ3n) is 2.16. The van der Waals surface area contributed by atoms with E-state index in [0.29, 0.717) is 11.8 Å². The molecule has 0 fully saturated rings. The van der Waals surface area contributed by atoms with E-state index < -0.39 is 11.9 Å². The molecular formula is C13H15N3O6. The number of carboxylic acids is 2. The van der Waals surface area contributed by atoms with Crippen molar-refractivity contribution in [3.8, 4) is 5.75 Å². The van der Waals surface area contributed by atoms with Gasteiger partial charge in [-0.15, -0.1) is 10.2 Å². The van der Waals surface area contributed by atoms with Crippen molar-refractivity contribution in [2.24, 2.45) is 5.73 Å². The van der Waals surface area contributed by atoms with Crippen LogP contribution in [-0.4, -0.2) is 32.3 Å². The Morgan fingerprint density at radius 3 is 2.27 bits per heavy atom. The van der Waals surface area contributed by atoms with E-state index in [0.717, 1.165) is 5.75 Å². The molecule has 1 unspecified atom stereocenters. The van der Waals surface area contributed by atoms with Crippen molar-refractivity contribution in [3.05, 3.63) is 42.1 Å². The number of aliphatic carboxylic acids is 2. The highest BCUT2D eigenvalue weighted by atomic mass is 16.5. The quantitative estimate of drug-likeness (QED) is 0.697. The van der Waals surface area contributed by atoms with Gasteiger partial charge in [0.05, 0.1) is 6.04 Å². The molecule has 0 aliphatic rings. The van der Waals surface area contributed by atoms with Gasteiger partial charge < -0.3 is 25.1 Å². The molecule has 1 heterocycles. The van der Waals surface area contributed by atoms with Crippen molar-refractivity contribution in [2.75, 3.05) is 0 Å². The Labute approximate surface area is 125 Å². The Morgan fingerprint density at radius 2 is 1.82 bits per heavy atom. The number of ether oxygens (including phenoxy) is 1. The number of aromatic nitrogens is 2. The lowest BCUT2D eigenvalue weighted by Crippen LogP contribution is -2.09. The minimum atomic E-state index is -1.82. The van der Waals surface area contributed by atoms with Gasteiger partial charge in [0.1, 0.15) is 5.75 Å². The molecule has 118 valence electrons. The van der Waals surface area contributed by atoms with Crippen molar-refractivity contribution < 1.29 is 29.0 Å². The summed E-state index contributed by atoms with van der Waals surface area (Å²) in [5.74, 6) is -2.03. The van der Waals surface area contributed by atoms with Crippen molar-refractivity contribution in [1.82, 2.24) is 10.2 Å². The summed E-state index contributed by atoms with van der Waals surface area (Å²) in [6.07, 6.45) is 0. The monoisotopic (exact) mass is 309 g/mol. The van der Waals surface area contributed by atoms with Crippen LogP contribution in [0, 0.1) is 0 Å². The minimum Gasteiger partial charge on any atom is -0.484 e. The van der Waals surface area contributed by atoms with Gasteiger partial charge in [-0.1, -0.05) is 18.2 Å². The zero-order valence-corrected chi connectivity index (χ0v) is 11.7. The summed E-state index contributed by atoms with van der Waals surface area (Å²) < 4.78 is 10.7. The molecule has 9 nitrogen and oxygen atoms in total. The van der Waals surface area contributed by atoms with Crippen LogP contribution in [0.1, 0.15) is 24.7 Å². The van der Waals surface area contributed by atoms with Crippen LogP contribution in [0.25, 0.3) is 0 Å². The van der Waals surface area contributed by atoms with Gasteiger partial charge in [0.2, 0.25) is 5.89 Å². The lowest BCUT2D eigenvalue weighted by Gasteiger charge is -2.01. The Hall–Kier alpha value is -2.94. The lowest BCUT2D eigenvalue weighted by atomic mass is 10.3. The molecule has 0 amide bonds. The molecule has 9 heteroatoms. The van der Waals surface area contributed by atoms with E-state index in [4.69, 9.17) is 34.7 Å². The third kappa shape index (κ3) is 6.01. The predicted molar refractivity (Wildman–Crippen MR) is 72.9 cm³/mol. The molecule has 0 spiro atoms. The van der Waals surface area contributed by atoms with E-state index in [1.165, 1.54) is 0 Å². The van der Waals surface area contributed by atoms with Crippen LogP contribution >= 0.6 is 0 Å². The van der Waals surface area contributed by atoms with Gasteiger partial charge in [-0.05, 0) is 19.1 Å². The highest BCUT2D eigenvalue weighted by Crippen LogP contribution is 2.12. The first-order valence-corrected chi connectivity index (χ1v) is 6.12. The van der Waals surface area contributed by atoms with Crippen LogP contribution in [0.15, 0.2) is 34.7 Å². The third-order valence-corrected chi connectivity index (χ3v) is 2.16. The number of benzene rings is 1. The normalized spacial score (nSPS) is 11.0. The van der Waals surface area contributed by atoms with Crippen LogP contribution in [0.2, 0.25) is 0 Å². The second-order valence-corrected chi connectivity index (χ2v) is 4.03. The number of rotatable bonds is 4. The molecule has 0 saturated heterocycles. The highest BCUT2D eigenvalue weighted by molar-refractivity contribution is 6.27. The minimum absolute atomic E-state index is 0.252. The second kappa shape index (κ2) is 8.37. The van der Waals surface area contributed by atoms with Crippen molar-refractivity contribution in [3.63, 3.8) is 0 Å². The maximum atomic E-state index is 9.10. The first-order chi connectivity index (χ1) is 10.4. The Kier molecular flexibility index (Phi) is 6.51. The predicted octanol–water partition coefficient (Wildman–Crippen LogP) is 0.824. The van der Waals surface area contributed by atoms with Gasteiger partial charge in [-0.2, -0.15) is 0 Å². The zero-order chi connectivity index (χ0) is 16.5. The first-order valence-electron chi connectivity index (χ1n) is 6.12. The molecule has 2 rings (SSSR count). The number of hydrogen-bond acceptors (Lipinski definition) is 7. The number of para-hydroxylation sites is 1. The molecule has 0 bridgehead atoms. The molecule has 1 aromatic carbocycles. The van der Waals surface area contributed by atoms with E-state index >= 15 is 0 Å². The molecule has 0 radical (unpaired) electrons. The fourth-order valence-electron chi connectivity index (χ4n) is 1.17.